The van der Waals surface area contributed by atoms with Crippen LogP contribution in [0.4, 0.5) is 0 Å². The Morgan fingerprint density at radius 3 is 2.50 bits per heavy atom. The number of hydrogen-bond acceptors (Lipinski definition) is 4. The lowest BCUT2D eigenvalue weighted by Crippen LogP contribution is -1.85. The van der Waals surface area contributed by atoms with Crippen molar-refractivity contribution >= 4 is 0 Å². The molecule has 1 aromatic heterocycles. The first-order chi connectivity index (χ1) is 7.70. The van der Waals surface area contributed by atoms with E-state index in [0.717, 1.165) is 11.3 Å². The zero-order valence-corrected chi connectivity index (χ0v) is 9.18. The van der Waals surface area contributed by atoms with Crippen LogP contribution in [0.2, 0.25) is 0 Å². The highest BCUT2D eigenvalue weighted by Crippen LogP contribution is 2.24. The minimum absolute atomic E-state index is 0.464. The van der Waals surface area contributed by atoms with Gasteiger partial charge in [-0.05, 0) is 31.2 Å². The summed E-state index contributed by atoms with van der Waals surface area (Å²) in [6.07, 6.45) is -0.639. The molecule has 1 atom stereocenters. The third-order valence-electron chi connectivity index (χ3n) is 2.33. The van der Waals surface area contributed by atoms with Crippen molar-refractivity contribution in [3.63, 3.8) is 0 Å². The van der Waals surface area contributed by atoms with Gasteiger partial charge in [-0.2, -0.15) is 0 Å². The fourth-order valence-electron chi connectivity index (χ4n) is 1.38. The molecule has 0 aliphatic heterocycles. The summed E-state index contributed by atoms with van der Waals surface area (Å²) in [6, 6.07) is 9.22. The fourth-order valence-corrected chi connectivity index (χ4v) is 1.38. The van der Waals surface area contributed by atoms with E-state index in [-0.39, 0.29) is 0 Å². The minimum atomic E-state index is -0.639. The van der Waals surface area contributed by atoms with E-state index in [0.29, 0.717) is 11.5 Å². The second-order valence-electron chi connectivity index (χ2n) is 3.52. The average Bonchev–Trinajstić information content (AvgIpc) is 2.78. The number of rotatable bonds is 3. The zero-order chi connectivity index (χ0) is 11.5. The molecule has 2 aromatic rings. The van der Waals surface area contributed by atoms with Gasteiger partial charge in [0.25, 0.3) is 0 Å². The topological polar surface area (TPSA) is 55.5 Å². The molecule has 4 nitrogen and oxygen atoms in total. The molecule has 0 fully saturated rings. The SMILES string of the molecule is COc1ccc(-c2cc(C(C)O)on2)cc1. The third kappa shape index (κ3) is 2.06. The standard InChI is InChI=1S/C12H13NO3/c1-8(14)12-7-11(13-16-12)9-3-5-10(15-2)6-4-9/h3-8,14H,1-2H3. The molecule has 0 spiro atoms. The van der Waals surface area contributed by atoms with E-state index in [1.54, 1.807) is 20.1 Å². The molecular formula is C12H13NO3. The Balaban J connectivity index is 2.28. The van der Waals surface area contributed by atoms with Gasteiger partial charge in [0.05, 0.1) is 7.11 Å². The van der Waals surface area contributed by atoms with Gasteiger partial charge in [-0.25, -0.2) is 0 Å². The molecule has 0 saturated heterocycles. The van der Waals surface area contributed by atoms with Crippen LogP contribution in [0.15, 0.2) is 34.9 Å². The lowest BCUT2D eigenvalue weighted by atomic mass is 10.1. The van der Waals surface area contributed by atoms with Gasteiger partial charge < -0.3 is 14.4 Å². The van der Waals surface area contributed by atoms with Gasteiger partial charge in [0.2, 0.25) is 0 Å². The summed E-state index contributed by atoms with van der Waals surface area (Å²) in [5.74, 6) is 1.26. The van der Waals surface area contributed by atoms with Gasteiger partial charge in [-0.15, -0.1) is 0 Å². The predicted octanol–water partition coefficient (Wildman–Crippen LogP) is 2.40. The van der Waals surface area contributed by atoms with Crippen LogP contribution in [0.1, 0.15) is 18.8 Å². The number of methoxy groups -OCH3 is 1. The highest BCUT2D eigenvalue weighted by molar-refractivity contribution is 5.59. The summed E-state index contributed by atoms with van der Waals surface area (Å²) in [6.45, 7) is 1.64. The van der Waals surface area contributed by atoms with E-state index < -0.39 is 6.10 Å². The minimum Gasteiger partial charge on any atom is -0.497 e. The smallest absolute Gasteiger partial charge is 0.165 e. The number of nitrogens with zero attached hydrogens (tertiary/aromatic N) is 1. The normalized spacial score (nSPS) is 12.4. The zero-order valence-electron chi connectivity index (χ0n) is 9.18. The highest BCUT2D eigenvalue weighted by atomic mass is 16.5. The molecule has 16 heavy (non-hydrogen) atoms. The van der Waals surface area contributed by atoms with Crippen molar-refractivity contribution in [3.05, 3.63) is 36.1 Å². The summed E-state index contributed by atoms with van der Waals surface area (Å²) < 4.78 is 10.1. The largest absolute Gasteiger partial charge is 0.497 e. The first-order valence-electron chi connectivity index (χ1n) is 5.00. The Labute approximate surface area is 93.5 Å². The van der Waals surface area contributed by atoms with Gasteiger partial charge >= 0.3 is 0 Å². The second kappa shape index (κ2) is 4.37. The molecule has 4 heteroatoms. The van der Waals surface area contributed by atoms with E-state index in [4.69, 9.17) is 9.26 Å². The van der Waals surface area contributed by atoms with Crippen molar-refractivity contribution in [3.8, 4) is 17.0 Å². The maximum absolute atomic E-state index is 9.31. The molecule has 1 unspecified atom stereocenters. The van der Waals surface area contributed by atoms with Crippen molar-refractivity contribution in [2.75, 3.05) is 7.11 Å². The predicted molar refractivity (Wildman–Crippen MR) is 59.1 cm³/mol. The lowest BCUT2D eigenvalue weighted by molar-refractivity contribution is 0.158. The summed E-state index contributed by atoms with van der Waals surface area (Å²) in [4.78, 5) is 0. The van der Waals surface area contributed by atoms with Crippen molar-refractivity contribution in [2.24, 2.45) is 0 Å². The Kier molecular flexibility index (Phi) is 2.92. The van der Waals surface area contributed by atoms with Crippen LogP contribution in [-0.4, -0.2) is 17.4 Å². The van der Waals surface area contributed by atoms with Crippen LogP contribution < -0.4 is 4.74 Å². The van der Waals surface area contributed by atoms with E-state index in [1.807, 2.05) is 24.3 Å². The molecule has 0 aliphatic carbocycles. The molecule has 2 rings (SSSR count). The van der Waals surface area contributed by atoms with Crippen molar-refractivity contribution in [2.45, 2.75) is 13.0 Å². The molecule has 0 radical (unpaired) electrons. The molecule has 0 aliphatic rings. The molecule has 0 bridgehead atoms. The Morgan fingerprint density at radius 1 is 1.31 bits per heavy atom. The fraction of sp³-hybridized carbons (Fsp3) is 0.250. The molecular weight excluding hydrogens is 206 g/mol. The van der Waals surface area contributed by atoms with Crippen molar-refractivity contribution < 1.29 is 14.4 Å². The van der Waals surface area contributed by atoms with Crippen LogP contribution in [0.3, 0.4) is 0 Å². The molecule has 0 amide bonds. The second-order valence-corrected chi connectivity index (χ2v) is 3.52. The number of aliphatic hydroxyl groups is 1. The quantitative estimate of drug-likeness (QED) is 0.861. The third-order valence-corrected chi connectivity index (χ3v) is 2.33. The summed E-state index contributed by atoms with van der Waals surface area (Å²) in [5.41, 5.74) is 1.63. The monoisotopic (exact) mass is 219 g/mol. The summed E-state index contributed by atoms with van der Waals surface area (Å²) in [5, 5.41) is 13.2. The van der Waals surface area contributed by atoms with Crippen LogP contribution in [-0.2, 0) is 0 Å². The van der Waals surface area contributed by atoms with E-state index in [1.165, 1.54) is 0 Å². The number of aromatic nitrogens is 1. The summed E-state index contributed by atoms with van der Waals surface area (Å²) in [7, 11) is 1.62. The van der Waals surface area contributed by atoms with Gasteiger partial charge in [0.15, 0.2) is 5.76 Å². The van der Waals surface area contributed by atoms with Gasteiger partial charge in [0, 0.05) is 11.6 Å². The van der Waals surface area contributed by atoms with Gasteiger partial charge in [-0.1, -0.05) is 5.16 Å². The van der Waals surface area contributed by atoms with Crippen molar-refractivity contribution in [1.29, 1.82) is 0 Å². The van der Waals surface area contributed by atoms with Crippen LogP contribution in [0.5, 0.6) is 5.75 Å². The first kappa shape index (κ1) is 10.7. The number of aliphatic hydroxyl groups excluding tert-OH is 1. The Bertz CT molecular complexity index is 459. The Morgan fingerprint density at radius 2 is 2.00 bits per heavy atom. The molecule has 1 heterocycles. The number of benzene rings is 1. The molecule has 1 N–H and O–H groups in total. The van der Waals surface area contributed by atoms with E-state index in [2.05, 4.69) is 5.16 Å². The van der Waals surface area contributed by atoms with Gasteiger partial charge in [-0.3, -0.25) is 0 Å². The Hall–Kier alpha value is -1.81. The number of hydrogen-bond donors (Lipinski definition) is 1. The summed E-state index contributed by atoms with van der Waals surface area (Å²) >= 11 is 0. The molecule has 84 valence electrons. The first-order valence-corrected chi connectivity index (χ1v) is 5.00. The maximum Gasteiger partial charge on any atom is 0.165 e. The average molecular weight is 219 g/mol. The molecule has 0 saturated carbocycles. The van der Waals surface area contributed by atoms with Crippen LogP contribution in [0.25, 0.3) is 11.3 Å². The number of ether oxygens (including phenoxy) is 1. The van der Waals surface area contributed by atoms with Crippen LogP contribution >= 0.6 is 0 Å². The maximum atomic E-state index is 9.31. The van der Waals surface area contributed by atoms with E-state index in [9.17, 15) is 5.11 Å². The van der Waals surface area contributed by atoms with Crippen LogP contribution in [0, 0.1) is 0 Å². The van der Waals surface area contributed by atoms with Crippen molar-refractivity contribution in [1.82, 2.24) is 5.16 Å². The highest BCUT2D eigenvalue weighted by Gasteiger charge is 2.10. The van der Waals surface area contributed by atoms with E-state index >= 15 is 0 Å². The lowest BCUT2D eigenvalue weighted by Gasteiger charge is -1.99. The molecule has 1 aromatic carbocycles. The van der Waals surface area contributed by atoms with Gasteiger partial charge in [0.1, 0.15) is 17.5 Å².